The van der Waals surface area contributed by atoms with E-state index in [9.17, 15) is 4.39 Å². The monoisotopic (exact) mass is 266 g/mol. The van der Waals surface area contributed by atoms with E-state index in [0.717, 1.165) is 11.5 Å². The smallest absolute Gasteiger partial charge is 0.127 e. The van der Waals surface area contributed by atoms with Crippen molar-refractivity contribution in [2.45, 2.75) is 32.4 Å². The van der Waals surface area contributed by atoms with Gasteiger partial charge < -0.3 is 5.73 Å². The molecule has 1 fully saturated rings. The lowest BCUT2D eigenvalue weighted by Gasteiger charge is -2.25. The van der Waals surface area contributed by atoms with Gasteiger partial charge in [-0.25, -0.2) is 4.39 Å². The van der Waals surface area contributed by atoms with Gasteiger partial charge in [0.2, 0.25) is 0 Å². The van der Waals surface area contributed by atoms with E-state index in [0.29, 0.717) is 23.1 Å². The molecule has 98 valence electrons. The Bertz CT molecular complexity index is 457. The number of halogens is 1. The highest BCUT2D eigenvalue weighted by atomic mass is 32.1. The minimum Gasteiger partial charge on any atom is -0.389 e. The number of thiocarbonyl (C=S) groups is 1. The van der Waals surface area contributed by atoms with Crippen LogP contribution in [-0.2, 0) is 6.54 Å². The lowest BCUT2D eigenvalue weighted by molar-refractivity contribution is 0.224. The molecule has 2 nitrogen and oxygen atoms in total. The maximum atomic E-state index is 13.8. The number of nitrogens with zero attached hydrogens (tertiary/aromatic N) is 1. The van der Waals surface area contributed by atoms with Crippen molar-refractivity contribution >= 4 is 17.2 Å². The number of hydrogen-bond acceptors (Lipinski definition) is 2. The molecule has 1 atom stereocenters. The van der Waals surface area contributed by atoms with Gasteiger partial charge in [-0.1, -0.05) is 12.2 Å². The molecule has 4 heteroatoms. The molecule has 0 saturated heterocycles. The van der Waals surface area contributed by atoms with Crippen LogP contribution in [0.5, 0.6) is 0 Å². The lowest BCUT2D eigenvalue weighted by atomic mass is 10.1. The third-order valence-electron chi connectivity index (χ3n) is 3.75. The summed E-state index contributed by atoms with van der Waals surface area (Å²) >= 11 is 4.92. The molecule has 0 aromatic heterocycles. The second kappa shape index (κ2) is 5.33. The van der Waals surface area contributed by atoms with E-state index >= 15 is 0 Å². The SMILES string of the molecule is CC(C1CC1)N(C)Cc1cc(C(N)=S)ccc1F. The molecule has 0 radical (unpaired) electrons. The largest absolute Gasteiger partial charge is 0.389 e. The number of hydrogen-bond donors (Lipinski definition) is 1. The van der Waals surface area contributed by atoms with E-state index in [-0.39, 0.29) is 5.82 Å². The van der Waals surface area contributed by atoms with Gasteiger partial charge in [0.05, 0.1) is 0 Å². The Balaban J connectivity index is 2.11. The van der Waals surface area contributed by atoms with Crippen molar-refractivity contribution in [1.82, 2.24) is 4.90 Å². The van der Waals surface area contributed by atoms with Gasteiger partial charge in [0.1, 0.15) is 10.8 Å². The van der Waals surface area contributed by atoms with Crippen LogP contribution in [0.25, 0.3) is 0 Å². The van der Waals surface area contributed by atoms with Gasteiger partial charge in [0.25, 0.3) is 0 Å². The van der Waals surface area contributed by atoms with E-state index in [2.05, 4.69) is 11.8 Å². The Morgan fingerprint density at radius 3 is 2.78 bits per heavy atom. The molecule has 0 aliphatic heterocycles. The molecular formula is C14H19FN2S. The number of rotatable bonds is 5. The second-order valence-electron chi connectivity index (χ2n) is 5.16. The molecule has 0 bridgehead atoms. The second-order valence-corrected chi connectivity index (χ2v) is 5.60. The standard InChI is InChI=1S/C14H19FN2S/c1-9(10-3-4-10)17(2)8-12-7-11(14(16)18)5-6-13(12)15/h5-7,9-10H,3-4,8H2,1-2H3,(H2,16,18). The minimum absolute atomic E-state index is 0.190. The molecule has 0 spiro atoms. The first kappa shape index (κ1) is 13.4. The molecule has 2 N–H and O–H groups in total. The van der Waals surface area contributed by atoms with Crippen LogP contribution in [0.15, 0.2) is 18.2 Å². The maximum Gasteiger partial charge on any atom is 0.127 e. The van der Waals surface area contributed by atoms with Gasteiger partial charge in [0.15, 0.2) is 0 Å². The third kappa shape index (κ3) is 3.06. The summed E-state index contributed by atoms with van der Waals surface area (Å²) in [5.74, 6) is 0.585. The van der Waals surface area contributed by atoms with E-state index in [1.807, 2.05) is 7.05 Å². The summed E-state index contributed by atoms with van der Waals surface area (Å²) in [4.78, 5) is 2.51. The van der Waals surface area contributed by atoms with E-state index in [1.54, 1.807) is 12.1 Å². The summed E-state index contributed by atoms with van der Waals surface area (Å²) in [6, 6.07) is 5.33. The maximum absolute atomic E-state index is 13.8. The highest BCUT2D eigenvalue weighted by Gasteiger charge is 2.30. The molecule has 0 heterocycles. The van der Waals surface area contributed by atoms with Crippen molar-refractivity contribution in [2.24, 2.45) is 11.7 Å². The molecule has 1 aliphatic rings. The number of benzene rings is 1. The summed E-state index contributed by atoms with van der Waals surface area (Å²) in [5, 5.41) is 0. The quantitative estimate of drug-likeness (QED) is 0.831. The van der Waals surface area contributed by atoms with Crippen molar-refractivity contribution in [3.05, 3.63) is 35.1 Å². The van der Waals surface area contributed by atoms with Crippen LogP contribution in [0.4, 0.5) is 4.39 Å². The summed E-state index contributed by atoms with van der Waals surface area (Å²) in [6.45, 7) is 2.80. The van der Waals surface area contributed by atoms with E-state index < -0.39 is 0 Å². The predicted octanol–water partition coefficient (Wildman–Crippen LogP) is 2.69. The van der Waals surface area contributed by atoms with E-state index in [4.69, 9.17) is 18.0 Å². The fraction of sp³-hybridized carbons (Fsp3) is 0.500. The molecule has 1 saturated carbocycles. The fourth-order valence-corrected chi connectivity index (χ4v) is 2.33. The Labute approximate surface area is 113 Å². The van der Waals surface area contributed by atoms with Crippen molar-refractivity contribution in [3.63, 3.8) is 0 Å². The summed E-state index contributed by atoms with van der Waals surface area (Å²) in [7, 11) is 2.04. The van der Waals surface area contributed by atoms with Crippen molar-refractivity contribution in [2.75, 3.05) is 7.05 Å². The van der Waals surface area contributed by atoms with Gasteiger partial charge >= 0.3 is 0 Å². The Kier molecular flexibility index (Phi) is 3.97. The first-order valence-corrected chi connectivity index (χ1v) is 6.68. The highest BCUT2D eigenvalue weighted by Crippen LogP contribution is 2.35. The first-order chi connectivity index (χ1) is 8.49. The zero-order chi connectivity index (χ0) is 13.3. The highest BCUT2D eigenvalue weighted by molar-refractivity contribution is 7.80. The molecule has 1 aromatic rings. The Morgan fingerprint density at radius 1 is 1.56 bits per heavy atom. The van der Waals surface area contributed by atoms with Crippen LogP contribution in [-0.4, -0.2) is 23.0 Å². The summed E-state index contributed by atoms with van der Waals surface area (Å²) in [5.41, 5.74) is 6.97. The average molecular weight is 266 g/mol. The van der Waals surface area contributed by atoms with Crippen LogP contribution in [0, 0.1) is 11.7 Å². The van der Waals surface area contributed by atoms with Crippen LogP contribution in [0.1, 0.15) is 30.9 Å². The molecule has 1 unspecified atom stereocenters. The van der Waals surface area contributed by atoms with Gasteiger partial charge in [-0.15, -0.1) is 0 Å². The molecule has 1 aromatic carbocycles. The predicted molar refractivity (Wildman–Crippen MR) is 75.9 cm³/mol. The van der Waals surface area contributed by atoms with Crippen LogP contribution < -0.4 is 5.73 Å². The zero-order valence-corrected chi connectivity index (χ0v) is 11.6. The third-order valence-corrected chi connectivity index (χ3v) is 3.99. The van der Waals surface area contributed by atoms with Gasteiger partial charge in [-0.2, -0.15) is 0 Å². The van der Waals surface area contributed by atoms with Crippen LogP contribution >= 0.6 is 12.2 Å². The molecule has 18 heavy (non-hydrogen) atoms. The average Bonchev–Trinajstić information content (AvgIpc) is 3.14. The van der Waals surface area contributed by atoms with Crippen molar-refractivity contribution in [3.8, 4) is 0 Å². The van der Waals surface area contributed by atoms with E-state index in [1.165, 1.54) is 18.9 Å². The van der Waals surface area contributed by atoms with Crippen molar-refractivity contribution in [1.29, 1.82) is 0 Å². The molecular weight excluding hydrogens is 247 g/mol. The Hall–Kier alpha value is -1.00. The van der Waals surface area contributed by atoms with Gasteiger partial charge in [0, 0.05) is 23.7 Å². The summed E-state index contributed by atoms with van der Waals surface area (Å²) in [6.07, 6.45) is 2.59. The van der Waals surface area contributed by atoms with Crippen molar-refractivity contribution < 1.29 is 4.39 Å². The number of nitrogens with two attached hydrogens (primary N) is 1. The molecule has 0 amide bonds. The first-order valence-electron chi connectivity index (χ1n) is 6.27. The molecule has 2 rings (SSSR count). The van der Waals surface area contributed by atoms with Crippen LogP contribution in [0.3, 0.4) is 0 Å². The zero-order valence-electron chi connectivity index (χ0n) is 10.8. The van der Waals surface area contributed by atoms with Crippen LogP contribution in [0.2, 0.25) is 0 Å². The molecule has 1 aliphatic carbocycles. The lowest BCUT2D eigenvalue weighted by Crippen LogP contribution is -2.30. The van der Waals surface area contributed by atoms with Gasteiger partial charge in [-0.05, 0) is 50.9 Å². The summed E-state index contributed by atoms with van der Waals surface area (Å²) < 4.78 is 13.8. The minimum atomic E-state index is -0.190. The Morgan fingerprint density at radius 2 is 2.22 bits per heavy atom. The topological polar surface area (TPSA) is 29.3 Å². The van der Waals surface area contributed by atoms with Gasteiger partial charge in [-0.3, -0.25) is 4.90 Å². The normalized spacial score (nSPS) is 16.9. The fourth-order valence-electron chi connectivity index (χ4n) is 2.20.